The van der Waals surface area contributed by atoms with E-state index in [-0.39, 0.29) is 5.69 Å². The van der Waals surface area contributed by atoms with Gasteiger partial charge in [0.15, 0.2) is 6.29 Å². The van der Waals surface area contributed by atoms with Gasteiger partial charge < -0.3 is 4.98 Å². The zero-order valence-electron chi connectivity index (χ0n) is 7.06. The van der Waals surface area contributed by atoms with Crippen molar-refractivity contribution in [3.63, 3.8) is 0 Å². The summed E-state index contributed by atoms with van der Waals surface area (Å²) in [6.45, 7) is 0. The summed E-state index contributed by atoms with van der Waals surface area (Å²) in [5.41, 5.74) is 1.12. The van der Waals surface area contributed by atoms with E-state index in [0.717, 1.165) is 0 Å². The Morgan fingerprint density at radius 2 is 2.21 bits per heavy atom. The first kappa shape index (κ1) is 8.43. The maximum Gasteiger partial charge on any atom is 0.271 e. The highest BCUT2D eigenvalue weighted by Crippen LogP contribution is 2.21. The van der Waals surface area contributed by atoms with Gasteiger partial charge in [-0.25, -0.2) is 0 Å². The number of benzene rings is 1. The van der Waals surface area contributed by atoms with Gasteiger partial charge in [-0.2, -0.15) is 0 Å². The van der Waals surface area contributed by atoms with Gasteiger partial charge in [-0.1, -0.05) is 0 Å². The van der Waals surface area contributed by atoms with Crippen LogP contribution in [-0.4, -0.2) is 16.2 Å². The summed E-state index contributed by atoms with van der Waals surface area (Å²) in [6.07, 6.45) is 2.24. The molecule has 0 aliphatic heterocycles. The molecule has 70 valence electrons. The first-order chi connectivity index (χ1) is 6.72. The van der Waals surface area contributed by atoms with Crippen LogP contribution in [0, 0.1) is 10.1 Å². The summed E-state index contributed by atoms with van der Waals surface area (Å²) >= 11 is 0. The lowest BCUT2D eigenvalue weighted by molar-refractivity contribution is -0.384. The Morgan fingerprint density at radius 1 is 1.43 bits per heavy atom. The van der Waals surface area contributed by atoms with E-state index in [9.17, 15) is 14.9 Å². The molecule has 2 rings (SSSR count). The minimum absolute atomic E-state index is 0.0109. The van der Waals surface area contributed by atoms with E-state index in [1.807, 2.05) is 0 Å². The van der Waals surface area contributed by atoms with Crippen LogP contribution >= 0.6 is 0 Å². The highest BCUT2D eigenvalue weighted by atomic mass is 16.6. The molecule has 2 aromatic rings. The number of nitro groups is 1. The lowest BCUT2D eigenvalue weighted by atomic mass is 10.2. The fourth-order valence-corrected chi connectivity index (χ4v) is 1.35. The molecule has 1 aromatic carbocycles. The minimum Gasteiger partial charge on any atom is -0.360 e. The van der Waals surface area contributed by atoms with Gasteiger partial charge in [-0.05, 0) is 6.07 Å². The zero-order chi connectivity index (χ0) is 10.1. The molecule has 0 aliphatic carbocycles. The summed E-state index contributed by atoms with van der Waals surface area (Å²) in [6, 6.07) is 4.35. The van der Waals surface area contributed by atoms with Crippen LogP contribution in [0.1, 0.15) is 10.4 Å². The molecular formula is C9H6N2O3. The SMILES string of the molecule is O=Cc1c[nH]c2cc([N+](=O)[O-])ccc12. The molecule has 5 nitrogen and oxygen atoms in total. The predicted octanol–water partition coefficient (Wildman–Crippen LogP) is 1.89. The topological polar surface area (TPSA) is 76.0 Å². The quantitative estimate of drug-likeness (QED) is 0.446. The van der Waals surface area contributed by atoms with Crippen molar-refractivity contribution >= 4 is 22.9 Å². The van der Waals surface area contributed by atoms with E-state index < -0.39 is 4.92 Å². The number of aromatic nitrogens is 1. The first-order valence-corrected chi connectivity index (χ1v) is 3.93. The van der Waals surface area contributed by atoms with Crippen molar-refractivity contribution in [2.75, 3.05) is 0 Å². The number of non-ortho nitro benzene ring substituents is 1. The van der Waals surface area contributed by atoms with E-state index in [2.05, 4.69) is 4.98 Å². The molecule has 0 fully saturated rings. The molecule has 0 saturated heterocycles. The summed E-state index contributed by atoms with van der Waals surface area (Å²) < 4.78 is 0. The molecule has 0 saturated carbocycles. The third-order valence-corrected chi connectivity index (χ3v) is 2.04. The van der Waals surface area contributed by atoms with E-state index in [0.29, 0.717) is 22.8 Å². The number of nitrogens with zero attached hydrogens (tertiary/aromatic N) is 1. The third-order valence-electron chi connectivity index (χ3n) is 2.04. The van der Waals surface area contributed by atoms with Gasteiger partial charge in [0.2, 0.25) is 0 Å². The standard InChI is InChI=1S/C9H6N2O3/c12-5-6-4-10-9-3-7(11(13)14)1-2-8(6)9/h1-5,10H. The van der Waals surface area contributed by atoms with E-state index in [4.69, 9.17) is 0 Å². The Balaban J connectivity index is 2.68. The molecule has 0 unspecified atom stereocenters. The Bertz CT molecular complexity index is 516. The second-order valence-corrected chi connectivity index (χ2v) is 2.85. The molecule has 14 heavy (non-hydrogen) atoms. The Morgan fingerprint density at radius 3 is 2.86 bits per heavy atom. The number of nitro benzene ring substituents is 1. The third kappa shape index (κ3) is 1.15. The molecule has 0 bridgehead atoms. The fourth-order valence-electron chi connectivity index (χ4n) is 1.35. The van der Waals surface area contributed by atoms with Crippen molar-refractivity contribution in [2.24, 2.45) is 0 Å². The smallest absolute Gasteiger partial charge is 0.271 e. The van der Waals surface area contributed by atoms with Gasteiger partial charge in [0.05, 0.1) is 10.4 Å². The summed E-state index contributed by atoms with van der Waals surface area (Å²) in [4.78, 5) is 23.3. The molecule has 0 spiro atoms. The number of aldehydes is 1. The van der Waals surface area contributed by atoms with Crippen LogP contribution in [0.2, 0.25) is 0 Å². The first-order valence-electron chi connectivity index (χ1n) is 3.93. The molecule has 5 heteroatoms. The van der Waals surface area contributed by atoms with E-state index in [1.165, 1.54) is 18.3 Å². The molecule has 0 aliphatic rings. The van der Waals surface area contributed by atoms with Crippen molar-refractivity contribution in [2.45, 2.75) is 0 Å². The fraction of sp³-hybridized carbons (Fsp3) is 0. The van der Waals surface area contributed by atoms with Crippen LogP contribution < -0.4 is 0 Å². The monoisotopic (exact) mass is 190 g/mol. The number of H-pyrrole nitrogens is 1. The largest absolute Gasteiger partial charge is 0.360 e. The number of carbonyl (C=O) groups is 1. The lowest BCUT2D eigenvalue weighted by Gasteiger charge is -1.91. The molecule has 0 atom stereocenters. The molecule has 1 aromatic heterocycles. The predicted molar refractivity (Wildman–Crippen MR) is 50.3 cm³/mol. The number of nitrogens with one attached hydrogen (secondary N) is 1. The minimum atomic E-state index is -0.471. The molecule has 1 heterocycles. The zero-order valence-corrected chi connectivity index (χ0v) is 7.06. The van der Waals surface area contributed by atoms with E-state index in [1.54, 1.807) is 6.07 Å². The van der Waals surface area contributed by atoms with Gasteiger partial charge in [-0.3, -0.25) is 14.9 Å². The van der Waals surface area contributed by atoms with Crippen molar-refractivity contribution in [1.82, 2.24) is 4.98 Å². The highest BCUT2D eigenvalue weighted by Gasteiger charge is 2.08. The maximum absolute atomic E-state index is 10.5. The summed E-state index contributed by atoms with van der Waals surface area (Å²) in [5, 5.41) is 11.1. The average molecular weight is 190 g/mol. The van der Waals surface area contributed by atoms with Gasteiger partial charge in [0, 0.05) is 29.3 Å². The Kier molecular flexibility index (Phi) is 1.78. The maximum atomic E-state index is 10.5. The Labute approximate surface area is 78.5 Å². The Hall–Kier alpha value is -2.17. The van der Waals surface area contributed by atoms with Gasteiger partial charge in [0.1, 0.15) is 0 Å². The van der Waals surface area contributed by atoms with Crippen molar-refractivity contribution in [3.8, 4) is 0 Å². The second kappa shape index (κ2) is 2.95. The molecule has 0 radical (unpaired) electrons. The van der Waals surface area contributed by atoms with Gasteiger partial charge in [-0.15, -0.1) is 0 Å². The van der Waals surface area contributed by atoms with Crippen molar-refractivity contribution in [1.29, 1.82) is 0 Å². The van der Waals surface area contributed by atoms with Crippen molar-refractivity contribution < 1.29 is 9.72 Å². The number of carbonyl (C=O) groups excluding carboxylic acids is 1. The summed E-state index contributed by atoms with van der Waals surface area (Å²) in [5.74, 6) is 0. The second-order valence-electron chi connectivity index (χ2n) is 2.85. The number of hydrogen-bond donors (Lipinski definition) is 1. The molecular weight excluding hydrogens is 184 g/mol. The van der Waals surface area contributed by atoms with Crippen LogP contribution in [-0.2, 0) is 0 Å². The van der Waals surface area contributed by atoms with Crippen LogP contribution in [0.4, 0.5) is 5.69 Å². The normalized spacial score (nSPS) is 10.3. The lowest BCUT2D eigenvalue weighted by Crippen LogP contribution is -1.86. The molecule has 1 N–H and O–H groups in total. The van der Waals surface area contributed by atoms with Crippen LogP contribution in [0.5, 0.6) is 0 Å². The highest BCUT2D eigenvalue weighted by molar-refractivity contribution is 5.97. The van der Waals surface area contributed by atoms with Crippen LogP contribution in [0.15, 0.2) is 24.4 Å². The molecule has 0 amide bonds. The number of aromatic amines is 1. The van der Waals surface area contributed by atoms with Crippen molar-refractivity contribution in [3.05, 3.63) is 40.1 Å². The van der Waals surface area contributed by atoms with Crippen LogP contribution in [0.25, 0.3) is 10.9 Å². The number of fused-ring (bicyclic) bond motifs is 1. The number of hydrogen-bond acceptors (Lipinski definition) is 3. The van der Waals surface area contributed by atoms with Gasteiger partial charge >= 0.3 is 0 Å². The van der Waals surface area contributed by atoms with Crippen LogP contribution in [0.3, 0.4) is 0 Å². The summed E-state index contributed by atoms with van der Waals surface area (Å²) in [7, 11) is 0. The van der Waals surface area contributed by atoms with Gasteiger partial charge in [0.25, 0.3) is 5.69 Å². The number of rotatable bonds is 2. The average Bonchev–Trinajstić information content (AvgIpc) is 2.59. The van der Waals surface area contributed by atoms with E-state index >= 15 is 0 Å².